The molecule has 2 aromatic carbocycles. The van der Waals surface area contributed by atoms with Gasteiger partial charge in [-0.3, -0.25) is 4.79 Å². The Morgan fingerprint density at radius 2 is 1.83 bits per heavy atom. The SMILES string of the molecule is O=C(Nc1ccc2cc1CCc1cccc(c1)Nc1ncc(Cl)c(n1)N2)NC1CC1.O=CC(F)(F)F. The number of amides is 2. The third-order valence-corrected chi connectivity index (χ3v) is 5.55. The van der Waals surface area contributed by atoms with Crippen LogP contribution in [0, 0.1) is 0 Å². The van der Waals surface area contributed by atoms with E-state index in [4.69, 9.17) is 16.4 Å². The fourth-order valence-corrected chi connectivity index (χ4v) is 3.57. The fourth-order valence-electron chi connectivity index (χ4n) is 3.44. The number of rotatable bonds is 2. The van der Waals surface area contributed by atoms with Gasteiger partial charge in [0.1, 0.15) is 5.02 Å². The van der Waals surface area contributed by atoms with Crippen molar-refractivity contribution in [3.8, 4) is 0 Å². The van der Waals surface area contributed by atoms with Gasteiger partial charge in [0.15, 0.2) is 5.82 Å². The van der Waals surface area contributed by atoms with Gasteiger partial charge in [0.2, 0.25) is 12.2 Å². The van der Waals surface area contributed by atoms with Crippen LogP contribution >= 0.6 is 11.6 Å². The Balaban J connectivity index is 0.000000455. The minimum atomic E-state index is -4.64. The first kappa shape index (κ1) is 25.2. The highest BCUT2D eigenvalue weighted by Gasteiger charge is 2.25. The van der Waals surface area contributed by atoms with E-state index in [0.717, 1.165) is 48.3 Å². The lowest BCUT2D eigenvalue weighted by atomic mass is 10.0. The number of anilines is 5. The summed E-state index contributed by atoms with van der Waals surface area (Å²) in [4.78, 5) is 29.8. The molecule has 1 aliphatic carbocycles. The van der Waals surface area contributed by atoms with Gasteiger partial charge in [-0.2, -0.15) is 18.2 Å². The van der Waals surface area contributed by atoms with Crippen molar-refractivity contribution < 1.29 is 22.8 Å². The summed E-state index contributed by atoms with van der Waals surface area (Å²) in [5.41, 5.74) is 4.77. The highest BCUT2D eigenvalue weighted by atomic mass is 35.5. The molecule has 1 aromatic heterocycles. The summed E-state index contributed by atoms with van der Waals surface area (Å²) >= 11 is 6.31. The van der Waals surface area contributed by atoms with Gasteiger partial charge in [0, 0.05) is 23.1 Å². The maximum atomic E-state index is 12.3. The van der Waals surface area contributed by atoms with Crippen molar-refractivity contribution in [2.45, 2.75) is 37.9 Å². The summed E-state index contributed by atoms with van der Waals surface area (Å²) in [6.07, 6.45) is -0.425. The summed E-state index contributed by atoms with van der Waals surface area (Å²) in [5, 5.41) is 12.9. The van der Waals surface area contributed by atoms with Crippen LogP contribution < -0.4 is 21.3 Å². The number of nitrogens with one attached hydrogen (secondary N) is 4. The molecule has 0 saturated heterocycles. The predicted molar refractivity (Wildman–Crippen MR) is 131 cm³/mol. The monoisotopic (exact) mass is 518 g/mol. The predicted octanol–water partition coefficient (Wildman–Crippen LogP) is 5.75. The molecule has 1 saturated carbocycles. The van der Waals surface area contributed by atoms with Gasteiger partial charge in [0.25, 0.3) is 0 Å². The number of halogens is 4. The van der Waals surface area contributed by atoms with Gasteiger partial charge in [-0.1, -0.05) is 23.7 Å². The zero-order valence-electron chi connectivity index (χ0n) is 18.8. The van der Waals surface area contributed by atoms with E-state index < -0.39 is 12.5 Å². The van der Waals surface area contributed by atoms with E-state index in [1.807, 2.05) is 30.3 Å². The molecule has 1 aliphatic heterocycles. The molecule has 2 aliphatic rings. The van der Waals surface area contributed by atoms with Crippen LogP contribution in [0.5, 0.6) is 0 Å². The summed E-state index contributed by atoms with van der Waals surface area (Å²) in [6, 6.07) is 14.1. The first-order chi connectivity index (χ1) is 17.2. The molecule has 188 valence electrons. The molecule has 0 atom stereocenters. The van der Waals surface area contributed by atoms with Crippen molar-refractivity contribution in [2.24, 2.45) is 0 Å². The fraction of sp³-hybridized carbons (Fsp3) is 0.250. The molecule has 1 fully saturated rings. The maximum absolute atomic E-state index is 12.3. The Labute approximate surface area is 209 Å². The normalized spacial score (nSPS) is 14.2. The van der Waals surface area contributed by atoms with Gasteiger partial charge in [-0.05, 0) is 67.1 Å². The first-order valence-electron chi connectivity index (χ1n) is 11.1. The van der Waals surface area contributed by atoms with E-state index in [1.54, 1.807) is 6.20 Å². The second-order valence-electron chi connectivity index (χ2n) is 8.24. The van der Waals surface area contributed by atoms with Crippen molar-refractivity contribution in [1.82, 2.24) is 15.3 Å². The maximum Gasteiger partial charge on any atom is 0.446 e. The van der Waals surface area contributed by atoms with Crippen molar-refractivity contribution in [3.05, 3.63) is 64.8 Å². The largest absolute Gasteiger partial charge is 0.446 e. The van der Waals surface area contributed by atoms with E-state index in [9.17, 15) is 18.0 Å². The molecule has 5 rings (SSSR count). The van der Waals surface area contributed by atoms with E-state index in [-0.39, 0.29) is 6.03 Å². The molecular formula is C24H22ClF3N6O2. The van der Waals surface area contributed by atoms with Crippen LogP contribution in [0.25, 0.3) is 0 Å². The topological polar surface area (TPSA) is 108 Å². The zero-order chi connectivity index (χ0) is 25.7. The number of fused-ring (bicyclic) bond motifs is 6. The van der Waals surface area contributed by atoms with Crippen LogP contribution in [-0.4, -0.2) is 34.5 Å². The Bertz CT molecular complexity index is 1270. The third kappa shape index (κ3) is 7.32. The van der Waals surface area contributed by atoms with Crippen molar-refractivity contribution in [2.75, 3.05) is 16.0 Å². The van der Waals surface area contributed by atoms with Crippen molar-refractivity contribution >= 4 is 52.7 Å². The number of nitrogens with zero attached hydrogens (tertiary/aromatic N) is 2. The third-order valence-electron chi connectivity index (χ3n) is 5.27. The van der Waals surface area contributed by atoms with Crippen molar-refractivity contribution in [3.63, 3.8) is 0 Å². The number of carbonyl (C=O) groups is 2. The zero-order valence-corrected chi connectivity index (χ0v) is 19.6. The number of carbonyl (C=O) groups excluding carboxylic acids is 2. The van der Waals surface area contributed by atoms with Crippen LogP contribution in [0.2, 0.25) is 5.02 Å². The van der Waals surface area contributed by atoms with Crippen LogP contribution in [0.1, 0.15) is 24.0 Å². The average Bonchev–Trinajstić information content (AvgIpc) is 3.65. The van der Waals surface area contributed by atoms with E-state index in [2.05, 4.69) is 43.4 Å². The Hall–Kier alpha value is -3.86. The van der Waals surface area contributed by atoms with E-state index in [1.165, 1.54) is 5.56 Å². The van der Waals surface area contributed by atoms with Gasteiger partial charge in [0.05, 0.1) is 6.20 Å². The second-order valence-corrected chi connectivity index (χ2v) is 8.65. The summed E-state index contributed by atoms with van der Waals surface area (Å²) < 4.78 is 31.2. The van der Waals surface area contributed by atoms with Crippen LogP contribution in [0.4, 0.5) is 46.8 Å². The minimum Gasteiger partial charge on any atom is -0.339 e. The lowest BCUT2D eigenvalue weighted by Crippen LogP contribution is -2.30. The standard InChI is InChI=1S/C22H21ClN6O.C2HF3O/c23-18-12-24-21-26-16-3-1-2-13(10-16)4-5-14-11-17(25-20(18)29-21)8-9-19(14)28-22(30)27-15-6-7-15;3-2(4,5)1-6/h1-3,8-12,15H,4-7H2,(H2,27,28,30)(H2,24,25,26,29);1H. The van der Waals surface area contributed by atoms with Crippen LogP contribution in [-0.2, 0) is 17.6 Å². The van der Waals surface area contributed by atoms with Gasteiger partial charge < -0.3 is 21.3 Å². The molecule has 6 bridgehead atoms. The summed E-state index contributed by atoms with van der Waals surface area (Å²) in [7, 11) is 0. The quantitative estimate of drug-likeness (QED) is 0.322. The molecule has 36 heavy (non-hydrogen) atoms. The summed E-state index contributed by atoms with van der Waals surface area (Å²) in [5.74, 6) is 0.983. The minimum absolute atomic E-state index is 0.160. The molecular weight excluding hydrogens is 497 g/mol. The lowest BCUT2D eigenvalue weighted by Gasteiger charge is -2.15. The number of alkyl halides is 3. The Morgan fingerprint density at radius 1 is 1.08 bits per heavy atom. The number of urea groups is 1. The Kier molecular flexibility index (Phi) is 7.58. The molecule has 0 radical (unpaired) electrons. The van der Waals surface area contributed by atoms with Crippen molar-refractivity contribution in [1.29, 1.82) is 0 Å². The smallest absolute Gasteiger partial charge is 0.339 e. The number of aromatic nitrogens is 2. The van der Waals surface area contributed by atoms with E-state index >= 15 is 0 Å². The highest BCUT2D eigenvalue weighted by Crippen LogP contribution is 2.29. The number of aldehydes is 1. The number of hydrogen-bond donors (Lipinski definition) is 4. The highest BCUT2D eigenvalue weighted by molar-refractivity contribution is 6.32. The van der Waals surface area contributed by atoms with Crippen LogP contribution in [0.3, 0.4) is 0 Å². The molecule has 0 spiro atoms. The lowest BCUT2D eigenvalue weighted by molar-refractivity contribution is -0.156. The number of aryl methyl sites for hydroxylation is 2. The first-order valence-corrected chi connectivity index (χ1v) is 11.5. The van der Waals surface area contributed by atoms with E-state index in [0.29, 0.717) is 22.8 Å². The Morgan fingerprint density at radius 3 is 2.56 bits per heavy atom. The average molecular weight is 519 g/mol. The number of hydrogen-bond acceptors (Lipinski definition) is 6. The molecule has 12 heteroatoms. The molecule has 3 aromatic rings. The summed E-state index contributed by atoms with van der Waals surface area (Å²) in [6.45, 7) is 0. The molecule has 8 nitrogen and oxygen atoms in total. The molecule has 2 heterocycles. The second kappa shape index (κ2) is 10.8. The van der Waals surface area contributed by atoms with Gasteiger partial charge >= 0.3 is 12.2 Å². The molecule has 0 unspecified atom stereocenters. The van der Waals surface area contributed by atoms with Gasteiger partial charge in [-0.25, -0.2) is 9.78 Å². The number of benzene rings is 2. The van der Waals surface area contributed by atoms with Crippen LogP contribution in [0.15, 0.2) is 48.7 Å². The van der Waals surface area contributed by atoms with Gasteiger partial charge in [-0.15, -0.1) is 0 Å². The molecule has 2 amide bonds. The molecule has 4 N–H and O–H groups in total.